The molecule has 2 rings (SSSR count). The molecule has 5 heteroatoms. The van der Waals surface area contributed by atoms with Crippen molar-refractivity contribution in [3.05, 3.63) is 23.0 Å². The lowest BCUT2D eigenvalue weighted by Crippen LogP contribution is -2.24. The topological polar surface area (TPSA) is 51.2 Å². The van der Waals surface area contributed by atoms with Crippen LogP contribution in [0, 0.1) is 0 Å². The van der Waals surface area contributed by atoms with Crippen LogP contribution in [0.2, 0.25) is 5.15 Å². The Hall–Kier alpha value is -1.29. The zero-order chi connectivity index (χ0) is 13.3. The van der Waals surface area contributed by atoms with Gasteiger partial charge in [0.05, 0.1) is 5.69 Å². The fraction of sp³-hybridized carbons (Fsp3) is 0.538. The summed E-state index contributed by atoms with van der Waals surface area (Å²) in [6.45, 7) is 5.51. The van der Waals surface area contributed by atoms with Crippen LogP contribution in [0.4, 0.5) is 5.69 Å². The maximum atomic E-state index is 12.0. The van der Waals surface area contributed by atoms with Gasteiger partial charge in [-0.2, -0.15) is 0 Å². The van der Waals surface area contributed by atoms with Crippen molar-refractivity contribution in [1.82, 2.24) is 4.98 Å². The third-order valence-corrected chi connectivity index (χ3v) is 2.63. The van der Waals surface area contributed by atoms with Crippen molar-refractivity contribution < 1.29 is 9.53 Å². The molecule has 0 atom stereocenters. The molecule has 1 N–H and O–H groups in total. The molecule has 0 bridgehead atoms. The van der Waals surface area contributed by atoms with E-state index in [2.05, 4.69) is 10.3 Å². The van der Waals surface area contributed by atoms with Gasteiger partial charge in [-0.25, -0.2) is 9.78 Å². The van der Waals surface area contributed by atoms with E-state index in [0.29, 0.717) is 22.4 Å². The fourth-order valence-corrected chi connectivity index (χ4v) is 1.65. The Kier molecular flexibility index (Phi) is 3.48. The Balaban J connectivity index is 2.22. The molecule has 18 heavy (non-hydrogen) atoms. The normalized spacial score (nSPS) is 15.3. The predicted octanol–water partition coefficient (Wildman–Crippen LogP) is 3.26. The highest BCUT2D eigenvalue weighted by Gasteiger charge is 2.25. The number of halogens is 1. The predicted molar refractivity (Wildman–Crippen MR) is 71.1 cm³/mol. The highest BCUT2D eigenvalue weighted by Crippen LogP contribution is 2.28. The first-order valence-corrected chi connectivity index (χ1v) is 6.38. The van der Waals surface area contributed by atoms with Crippen LogP contribution in [-0.2, 0) is 4.74 Å². The molecule has 0 spiro atoms. The quantitative estimate of drug-likeness (QED) is 0.675. The summed E-state index contributed by atoms with van der Waals surface area (Å²) < 4.78 is 5.34. The Bertz CT molecular complexity index is 465. The van der Waals surface area contributed by atoms with Crippen molar-refractivity contribution in [2.75, 3.05) is 5.32 Å². The maximum absolute atomic E-state index is 12.0. The van der Waals surface area contributed by atoms with E-state index in [0.717, 1.165) is 12.8 Å². The number of ether oxygens (including phenoxy) is 1. The van der Waals surface area contributed by atoms with E-state index in [1.165, 1.54) is 6.20 Å². The average molecular weight is 269 g/mol. The highest BCUT2D eigenvalue weighted by molar-refractivity contribution is 6.29. The Labute approximate surface area is 112 Å². The molecule has 1 aliphatic carbocycles. The van der Waals surface area contributed by atoms with E-state index in [9.17, 15) is 4.79 Å². The van der Waals surface area contributed by atoms with Gasteiger partial charge in [-0.15, -0.1) is 0 Å². The summed E-state index contributed by atoms with van der Waals surface area (Å²) in [4.78, 5) is 16.0. The van der Waals surface area contributed by atoms with Gasteiger partial charge in [0.25, 0.3) is 0 Å². The maximum Gasteiger partial charge on any atom is 0.342 e. The van der Waals surface area contributed by atoms with E-state index in [4.69, 9.17) is 16.3 Å². The zero-order valence-corrected chi connectivity index (χ0v) is 11.5. The van der Waals surface area contributed by atoms with Gasteiger partial charge in [0, 0.05) is 12.2 Å². The number of nitrogens with one attached hydrogen (secondary N) is 1. The molecule has 4 nitrogen and oxygen atoms in total. The molecule has 1 aromatic heterocycles. The van der Waals surface area contributed by atoms with Crippen LogP contribution in [0.1, 0.15) is 44.0 Å². The molecule has 1 aliphatic rings. The number of carbonyl (C=O) groups excluding carboxylic acids is 1. The van der Waals surface area contributed by atoms with Gasteiger partial charge in [0.1, 0.15) is 16.3 Å². The summed E-state index contributed by atoms with van der Waals surface area (Å²) in [5.41, 5.74) is 0.612. The van der Waals surface area contributed by atoms with Crippen molar-refractivity contribution in [2.45, 2.75) is 45.3 Å². The summed E-state index contributed by atoms with van der Waals surface area (Å²) >= 11 is 5.86. The summed E-state index contributed by atoms with van der Waals surface area (Å²) in [5.74, 6) is -0.380. The van der Waals surface area contributed by atoms with Crippen molar-refractivity contribution in [2.24, 2.45) is 0 Å². The zero-order valence-electron chi connectivity index (χ0n) is 10.8. The summed E-state index contributed by atoms with van der Waals surface area (Å²) in [7, 11) is 0. The Morgan fingerprint density at radius 3 is 2.72 bits per heavy atom. The number of esters is 1. The molecule has 1 saturated carbocycles. The van der Waals surface area contributed by atoms with Crippen LogP contribution >= 0.6 is 11.6 Å². The Morgan fingerprint density at radius 1 is 1.50 bits per heavy atom. The van der Waals surface area contributed by atoms with Crippen LogP contribution in [0.15, 0.2) is 12.3 Å². The third kappa shape index (κ3) is 3.60. The number of rotatable bonds is 3. The first kappa shape index (κ1) is 13.1. The molecule has 0 aliphatic heterocycles. The summed E-state index contributed by atoms with van der Waals surface area (Å²) in [6.07, 6.45) is 3.70. The lowest BCUT2D eigenvalue weighted by atomic mass is 10.1. The lowest BCUT2D eigenvalue weighted by Gasteiger charge is -2.20. The lowest BCUT2D eigenvalue weighted by molar-refractivity contribution is 0.00703. The second-order valence-corrected chi connectivity index (χ2v) is 5.86. The molecular formula is C13H17ClN2O2. The molecule has 0 radical (unpaired) electrons. The molecule has 0 unspecified atom stereocenters. The number of anilines is 1. The molecule has 0 amide bonds. The molecule has 98 valence electrons. The number of nitrogens with zero attached hydrogens (tertiary/aromatic N) is 1. The Morgan fingerprint density at radius 2 is 2.17 bits per heavy atom. The molecule has 1 aromatic rings. The van der Waals surface area contributed by atoms with Gasteiger partial charge in [-0.05, 0) is 39.7 Å². The van der Waals surface area contributed by atoms with Crippen LogP contribution in [0.5, 0.6) is 0 Å². The van der Waals surface area contributed by atoms with Crippen molar-refractivity contribution >= 4 is 23.3 Å². The first-order chi connectivity index (χ1) is 8.35. The van der Waals surface area contributed by atoms with Gasteiger partial charge in [0.15, 0.2) is 0 Å². The van der Waals surface area contributed by atoms with E-state index >= 15 is 0 Å². The monoisotopic (exact) mass is 268 g/mol. The first-order valence-electron chi connectivity index (χ1n) is 6.00. The smallest absolute Gasteiger partial charge is 0.342 e. The number of aromatic nitrogens is 1. The van der Waals surface area contributed by atoms with E-state index in [1.54, 1.807) is 6.07 Å². The SMILES string of the molecule is CC(C)(C)OC(=O)c1cnc(Cl)cc1NC1CC1. The summed E-state index contributed by atoms with van der Waals surface area (Å²) in [6, 6.07) is 2.10. The molecule has 0 aromatic carbocycles. The third-order valence-electron chi connectivity index (χ3n) is 2.43. The molecule has 1 heterocycles. The van der Waals surface area contributed by atoms with E-state index in [-0.39, 0.29) is 5.97 Å². The second-order valence-electron chi connectivity index (χ2n) is 5.47. The second kappa shape index (κ2) is 4.76. The van der Waals surface area contributed by atoms with Crippen LogP contribution < -0.4 is 5.32 Å². The van der Waals surface area contributed by atoms with Crippen molar-refractivity contribution in [3.63, 3.8) is 0 Å². The van der Waals surface area contributed by atoms with Gasteiger partial charge < -0.3 is 10.1 Å². The minimum Gasteiger partial charge on any atom is -0.456 e. The van der Waals surface area contributed by atoms with Gasteiger partial charge in [-0.1, -0.05) is 11.6 Å². The number of pyridine rings is 1. The van der Waals surface area contributed by atoms with Gasteiger partial charge in [-0.3, -0.25) is 0 Å². The summed E-state index contributed by atoms with van der Waals surface area (Å²) in [5, 5.41) is 3.63. The molecule has 1 fully saturated rings. The fourth-order valence-electron chi connectivity index (χ4n) is 1.49. The van der Waals surface area contributed by atoms with E-state index < -0.39 is 5.60 Å². The van der Waals surface area contributed by atoms with Crippen molar-refractivity contribution in [3.8, 4) is 0 Å². The molecular weight excluding hydrogens is 252 g/mol. The minimum absolute atomic E-state index is 0.366. The number of hydrogen-bond donors (Lipinski definition) is 1. The van der Waals surface area contributed by atoms with Gasteiger partial charge in [0.2, 0.25) is 0 Å². The molecule has 0 saturated heterocycles. The number of carbonyl (C=O) groups is 1. The number of hydrogen-bond acceptors (Lipinski definition) is 4. The standard InChI is InChI=1S/C13H17ClN2O2/c1-13(2,3)18-12(17)9-7-15-11(14)6-10(9)16-8-4-5-8/h6-8H,4-5H2,1-3H3,(H,15,16). The minimum atomic E-state index is -0.520. The highest BCUT2D eigenvalue weighted by atomic mass is 35.5. The van der Waals surface area contributed by atoms with Gasteiger partial charge >= 0.3 is 5.97 Å². The largest absolute Gasteiger partial charge is 0.456 e. The van der Waals surface area contributed by atoms with Crippen LogP contribution in [0.3, 0.4) is 0 Å². The van der Waals surface area contributed by atoms with Crippen molar-refractivity contribution in [1.29, 1.82) is 0 Å². The van der Waals surface area contributed by atoms with Crippen LogP contribution in [0.25, 0.3) is 0 Å². The van der Waals surface area contributed by atoms with E-state index in [1.807, 2.05) is 20.8 Å². The van der Waals surface area contributed by atoms with Crippen LogP contribution in [-0.4, -0.2) is 22.6 Å². The average Bonchev–Trinajstić information content (AvgIpc) is 2.98.